The van der Waals surface area contributed by atoms with E-state index in [0.717, 1.165) is 24.5 Å². The largest absolute Gasteiger partial charge is 0.357 e. The number of benzene rings is 1. The molecule has 0 spiro atoms. The number of halogens is 1. The number of pyridine rings is 1. The van der Waals surface area contributed by atoms with E-state index in [1.807, 2.05) is 11.0 Å². The van der Waals surface area contributed by atoms with Crippen molar-refractivity contribution >= 4 is 23.4 Å². The molecule has 33 heavy (non-hydrogen) atoms. The van der Waals surface area contributed by atoms with Gasteiger partial charge in [-0.05, 0) is 61.2 Å². The van der Waals surface area contributed by atoms with Crippen molar-refractivity contribution < 1.29 is 14.0 Å². The molecule has 2 aliphatic heterocycles. The van der Waals surface area contributed by atoms with E-state index in [-0.39, 0.29) is 24.3 Å². The van der Waals surface area contributed by atoms with Crippen LogP contribution in [0.25, 0.3) is 0 Å². The van der Waals surface area contributed by atoms with Crippen LogP contribution < -0.4 is 15.5 Å². The molecule has 0 saturated carbocycles. The van der Waals surface area contributed by atoms with E-state index >= 15 is 0 Å². The van der Waals surface area contributed by atoms with E-state index < -0.39 is 0 Å². The molecular weight excluding hydrogens is 423 g/mol. The van der Waals surface area contributed by atoms with Crippen LogP contribution in [-0.4, -0.2) is 72.5 Å². The number of anilines is 2. The number of carbonyl (C=O) groups is 2. The number of nitrogens with one attached hydrogen (secondary N) is 2. The Morgan fingerprint density at radius 2 is 1.67 bits per heavy atom. The maximum atomic E-state index is 13.0. The Labute approximate surface area is 193 Å². The molecule has 2 N–H and O–H groups in total. The van der Waals surface area contributed by atoms with Gasteiger partial charge in [-0.3, -0.25) is 9.69 Å². The SMILES string of the molecule is O=C(CN1CCN(C(=O)NCc2ccnc(N3CCCCC3)c2)CC1)Nc1ccc(F)cc1. The number of piperazine rings is 1. The number of hydrogen-bond acceptors (Lipinski definition) is 5. The first-order valence-corrected chi connectivity index (χ1v) is 11.6. The van der Waals surface area contributed by atoms with E-state index in [4.69, 9.17) is 0 Å². The molecule has 2 saturated heterocycles. The predicted molar refractivity (Wildman–Crippen MR) is 126 cm³/mol. The highest BCUT2D eigenvalue weighted by Crippen LogP contribution is 2.18. The Bertz CT molecular complexity index is 940. The second kappa shape index (κ2) is 11.1. The molecule has 2 aromatic rings. The predicted octanol–water partition coefficient (Wildman–Crippen LogP) is 2.68. The lowest BCUT2D eigenvalue weighted by Gasteiger charge is -2.34. The number of piperidine rings is 1. The average molecular weight is 455 g/mol. The van der Waals surface area contributed by atoms with Gasteiger partial charge in [-0.1, -0.05) is 0 Å². The van der Waals surface area contributed by atoms with Crippen LogP contribution in [0.15, 0.2) is 42.6 Å². The number of aromatic nitrogens is 1. The maximum absolute atomic E-state index is 13.0. The zero-order valence-corrected chi connectivity index (χ0v) is 18.8. The van der Waals surface area contributed by atoms with Crippen LogP contribution in [0.1, 0.15) is 24.8 Å². The van der Waals surface area contributed by atoms with Crippen molar-refractivity contribution in [2.45, 2.75) is 25.8 Å². The minimum absolute atomic E-state index is 0.0956. The van der Waals surface area contributed by atoms with Crippen molar-refractivity contribution in [3.63, 3.8) is 0 Å². The molecule has 1 aromatic heterocycles. The van der Waals surface area contributed by atoms with Gasteiger partial charge >= 0.3 is 6.03 Å². The van der Waals surface area contributed by atoms with Gasteiger partial charge in [0.25, 0.3) is 0 Å². The molecule has 0 radical (unpaired) electrons. The van der Waals surface area contributed by atoms with Crippen molar-refractivity contribution in [2.24, 2.45) is 0 Å². The third-order valence-corrected chi connectivity index (χ3v) is 6.09. The number of nitrogens with zero attached hydrogens (tertiary/aromatic N) is 4. The zero-order valence-electron chi connectivity index (χ0n) is 18.8. The van der Waals surface area contributed by atoms with Gasteiger partial charge < -0.3 is 20.4 Å². The topological polar surface area (TPSA) is 80.8 Å². The van der Waals surface area contributed by atoms with Crippen molar-refractivity contribution in [2.75, 3.05) is 56.0 Å². The summed E-state index contributed by atoms with van der Waals surface area (Å²) in [7, 11) is 0. The molecular formula is C24H31FN6O2. The number of hydrogen-bond donors (Lipinski definition) is 2. The molecule has 0 unspecified atom stereocenters. The minimum atomic E-state index is -0.339. The summed E-state index contributed by atoms with van der Waals surface area (Å²) >= 11 is 0. The van der Waals surface area contributed by atoms with E-state index in [9.17, 15) is 14.0 Å². The van der Waals surface area contributed by atoms with Crippen LogP contribution in [0.5, 0.6) is 0 Å². The second-order valence-electron chi connectivity index (χ2n) is 8.55. The van der Waals surface area contributed by atoms with Gasteiger partial charge in [0.05, 0.1) is 6.54 Å². The van der Waals surface area contributed by atoms with Gasteiger partial charge in [0.1, 0.15) is 11.6 Å². The van der Waals surface area contributed by atoms with Gasteiger partial charge in [0.15, 0.2) is 0 Å². The van der Waals surface area contributed by atoms with Crippen molar-refractivity contribution in [3.05, 3.63) is 54.0 Å². The Morgan fingerprint density at radius 3 is 2.39 bits per heavy atom. The quantitative estimate of drug-likeness (QED) is 0.702. The highest BCUT2D eigenvalue weighted by Gasteiger charge is 2.22. The van der Waals surface area contributed by atoms with Crippen molar-refractivity contribution in [3.8, 4) is 0 Å². The fourth-order valence-electron chi connectivity index (χ4n) is 4.20. The number of urea groups is 1. The molecule has 9 heteroatoms. The van der Waals surface area contributed by atoms with Gasteiger partial charge in [-0.2, -0.15) is 0 Å². The lowest BCUT2D eigenvalue weighted by Crippen LogP contribution is -2.52. The van der Waals surface area contributed by atoms with Crippen LogP contribution in [-0.2, 0) is 11.3 Å². The Kier molecular flexibility index (Phi) is 7.72. The minimum Gasteiger partial charge on any atom is -0.357 e. The lowest BCUT2D eigenvalue weighted by atomic mass is 10.1. The first-order chi connectivity index (χ1) is 16.1. The zero-order chi connectivity index (χ0) is 23.0. The summed E-state index contributed by atoms with van der Waals surface area (Å²) in [4.78, 5) is 35.4. The highest BCUT2D eigenvalue weighted by molar-refractivity contribution is 5.92. The summed E-state index contributed by atoms with van der Waals surface area (Å²) in [5.41, 5.74) is 1.61. The maximum Gasteiger partial charge on any atom is 0.317 e. The average Bonchev–Trinajstić information content (AvgIpc) is 2.85. The van der Waals surface area contributed by atoms with Crippen LogP contribution >= 0.6 is 0 Å². The summed E-state index contributed by atoms with van der Waals surface area (Å²) in [6, 6.07) is 9.60. The van der Waals surface area contributed by atoms with E-state index in [1.54, 1.807) is 11.1 Å². The smallest absolute Gasteiger partial charge is 0.317 e. The third-order valence-electron chi connectivity index (χ3n) is 6.09. The molecule has 8 nitrogen and oxygen atoms in total. The normalized spacial score (nSPS) is 17.0. The molecule has 176 valence electrons. The molecule has 4 rings (SSSR count). The molecule has 3 heterocycles. The summed E-state index contributed by atoms with van der Waals surface area (Å²) in [6.07, 6.45) is 5.48. The molecule has 0 atom stereocenters. The van der Waals surface area contributed by atoms with Crippen molar-refractivity contribution in [1.82, 2.24) is 20.1 Å². The fraction of sp³-hybridized carbons (Fsp3) is 0.458. The van der Waals surface area contributed by atoms with E-state index in [2.05, 4.69) is 26.6 Å². The molecule has 0 aliphatic carbocycles. The molecule has 1 aromatic carbocycles. The van der Waals surface area contributed by atoms with Gasteiger partial charge in [0, 0.05) is 57.7 Å². The Morgan fingerprint density at radius 1 is 0.939 bits per heavy atom. The van der Waals surface area contributed by atoms with Gasteiger partial charge in [-0.25, -0.2) is 14.2 Å². The van der Waals surface area contributed by atoms with Crippen LogP contribution in [0.2, 0.25) is 0 Å². The summed E-state index contributed by atoms with van der Waals surface area (Å²) in [6.45, 7) is 5.14. The summed E-state index contributed by atoms with van der Waals surface area (Å²) < 4.78 is 13.0. The first kappa shape index (κ1) is 23.0. The molecule has 3 amide bonds. The van der Waals surface area contributed by atoms with Gasteiger partial charge in [0.2, 0.25) is 5.91 Å². The van der Waals surface area contributed by atoms with E-state index in [1.165, 1.54) is 43.5 Å². The number of amides is 3. The molecule has 2 aliphatic rings. The molecule has 2 fully saturated rings. The van der Waals surface area contributed by atoms with Gasteiger partial charge in [-0.15, -0.1) is 0 Å². The van der Waals surface area contributed by atoms with Crippen molar-refractivity contribution in [1.29, 1.82) is 0 Å². The van der Waals surface area contributed by atoms with E-state index in [0.29, 0.717) is 38.4 Å². The Hall–Kier alpha value is -3.20. The lowest BCUT2D eigenvalue weighted by molar-refractivity contribution is -0.117. The monoisotopic (exact) mass is 454 g/mol. The molecule has 0 bridgehead atoms. The highest BCUT2D eigenvalue weighted by atomic mass is 19.1. The number of carbonyl (C=O) groups excluding carboxylic acids is 2. The number of rotatable bonds is 6. The standard InChI is InChI=1S/C24H31FN6O2/c25-20-4-6-21(7-5-20)28-23(32)18-29-12-14-31(15-13-29)24(33)27-17-19-8-9-26-22(16-19)30-10-2-1-3-11-30/h4-9,16H,1-3,10-15,17-18H2,(H,27,33)(H,28,32). The summed E-state index contributed by atoms with van der Waals surface area (Å²) in [5.74, 6) is 0.490. The third kappa shape index (κ3) is 6.64. The summed E-state index contributed by atoms with van der Waals surface area (Å²) in [5, 5.41) is 5.77. The van der Waals surface area contributed by atoms with Crippen LogP contribution in [0, 0.1) is 5.82 Å². The fourth-order valence-corrected chi connectivity index (χ4v) is 4.20. The van der Waals surface area contributed by atoms with Crippen LogP contribution in [0.4, 0.5) is 20.7 Å². The van der Waals surface area contributed by atoms with Crippen LogP contribution in [0.3, 0.4) is 0 Å². The Balaban J connectivity index is 1.19. The first-order valence-electron chi connectivity index (χ1n) is 11.6. The second-order valence-corrected chi connectivity index (χ2v) is 8.55.